The summed E-state index contributed by atoms with van der Waals surface area (Å²) >= 11 is 0. The van der Waals surface area contributed by atoms with Gasteiger partial charge in [0.05, 0.1) is 28.7 Å². The number of Topliss-reactive ketones (excluding diaryl/α,β-unsaturated/α-hetero) is 2. The Morgan fingerprint density at radius 2 is 1.84 bits per heavy atom. The van der Waals surface area contributed by atoms with Gasteiger partial charge in [0.1, 0.15) is 39.8 Å². The number of ketones is 3. The zero-order valence-corrected chi connectivity index (χ0v) is 22.1. The third kappa shape index (κ3) is 3.38. The Hall–Kier alpha value is -4.40. The van der Waals surface area contributed by atoms with Crippen LogP contribution in [0.1, 0.15) is 68.0 Å². The van der Waals surface area contributed by atoms with Crippen molar-refractivity contribution < 1.29 is 29.3 Å². The molecular formula is C29H29N3O6. The third-order valence-corrected chi connectivity index (χ3v) is 7.46. The van der Waals surface area contributed by atoms with E-state index in [0.29, 0.717) is 5.70 Å². The Kier molecular flexibility index (Phi) is 5.70. The Labute approximate surface area is 219 Å². The Morgan fingerprint density at radius 3 is 2.50 bits per heavy atom. The molecule has 3 N–H and O–H groups in total. The third-order valence-electron chi connectivity index (χ3n) is 7.46. The van der Waals surface area contributed by atoms with Crippen LogP contribution in [-0.2, 0) is 21.5 Å². The number of nitrogens with zero attached hydrogens (tertiary/aromatic N) is 2. The van der Waals surface area contributed by atoms with E-state index in [4.69, 9.17) is 9.72 Å². The summed E-state index contributed by atoms with van der Waals surface area (Å²) in [6.07, 6.45) is 1.21. The first-order chi connectivity index (χ1) is 17.9. The number of ether oxygens (including phenoxy) is 1. The molecule has 0 bridgehead atoms. The van der Waals surface area contributed by atoms with Gasteiger partial charge in [-0.25, -0.2) is 4.98 Å². The highest BCUT2D eigenvalue weighted by Gasteiger charge is 2.56. The second-order valence-corrected chi connectivity index (χ2v) is 10.2. The Balaban J connectivity index is 1.58. The van der Waals surface area contributed by atoms with E-state index in [-0.39, 0.29) is 52.1 Å². The molecule has 2 aliphatic rings. The summed E-state index contributed by atoms with van der Waals surface area (Å²) in [5.74, 6) is -1.75. The van der Waals surface area contributed by atoms with Crippen molar-refractivity contribution in [2.24, 2.45) is 0 Å². The molecule has 3 aromatic rings. The monoisotopic (exact) mass is 515 g/mol. The summed E-state index contributed by atoms with van der Waals surface area (Å²) in [5.41, 5.74) is 0.544. The van der Waals surface area contributed by atoms with Crippen LogP contribution in [0.2, 0.25) is 0 Å². The van der Waals surface area contributed by atoms with Gasteiger partial charge in [-0.3, -0.25) is 14.4 Å². The van der Waals surface area contributed by atoms with Gasteiger partial charge in [0.15, 0.2) is 17.3 Å². The predicted octanol–water partition coefficient (Wildman–Crippen LogP) is 4.29. The van der Waals surface area contributed by atoms with E-state index in [1.54, 1.807) is 13.8 Å². The molecule has 0 saturated carbocycles. The second kappa shape index (κ2) is 8.58. The number of imidazole rings is 1. The number of hydrogen-bond acceptors (Lipinski definition) is 8. The standard InChI is InChI=1S/C29H29N3O6/c1-13(2)32-18-10-8-7-9-17(18)31-21(32)12-30-15(4)22-19(34)11-20-29(6,28(22)37)24-26(36)14(3)25(35)23(16(5)33)27(24)38-20/h7-11,13,30,35-36H,12H2,1-6H3/b22-15+/t29-/m1/s1. The minimum atomic E-state index is -1.56. The van der Waals surface area contributed by atoms with Crippen LogP contribution in [0.5, 0.6) is 17.2 Å². The first-order valence-electron chi connectivity index (χ1n) is 12.4. The molecule has 196 valence electrons. The number of phenols is 2. The summed E-state index contributed by atoms with van der Waals surface area (Å²) < 4.78 is 7.92. The molecule has 1 aliphatic carbocycles. The number of rotatable bonds is 5. The summed E-state index contributed by atoms with van der Waals surface area (Å²) in [5, 5.41) is 24.7. The number of hydrogen-bond donors (Lipinski definition) is 3. The van der Waals surface area contributed by atoms with Crippen LogP contribution < -0.4 is 10.1 Å². The number of aromatic hydroxyl groups is 2. The van der Waals surface area contributed by atoms with E-state index in [2.05, 4.69) is 23.7 Å². The van der Waals surface area contributed by atoms with Gasteiger partial charge >= 0.3 is 0 Å². The highest BCUT2D eigenvalue weighted by Crippen LogP contribution is 2.57. The van der Waals surface area contributed by atoms with Crippen LogP contribution in [-0.4, -0.2) is 37.1 Å². The molecule has 9 nitrogen and oxygen atoms in total. The Bertz CT molecular complexity index is 1640. The summed E-state index contributed by atoms with van der Waals surface area (Å²) in [6.45, 7) is 10.3. The van der Waals surface area contributed by atoms with E-state index in [1.807, 2.05) is 24.3 Å². The SMILES string of the molecule is CC(=O)c1c(O)c(C)c(O)c2c1OC1=CC(=O)/C(=C(/C)NCc3nc4ccccc4n3C(C)C)C(=O)[C@]12C. The average molecular weight is 516 g/mol. The maximum absolute atomic E-state index is 14.0. The van der Waals surface area contributed by atoms with E-state index in [9.17, 15) is 24.6 Å². The van der Waals surface area contributed by atoms with Crippen molar-refractivity contribution in [3.05, 3.63) is 69.9 Å². The van der Waals surface area contributed by atoms with Gasteiger partial charge in [-0.1, -0.05) is 12.1 Å². The van der Waals surface area contributed by atoms with Crippen molar-refractivity contribution in [3.8, 4) is 17.2 Å². The maximum Gasteiger partial charge on any atom is 0.194 e. The molecule has 1 aliphatic heterocycles. The van der Waals surface area contributed by atoms with Gasteiger partial charge in [0, 0.05) is 23.4 Å². The predicted molar refractivity (Wildman–Crippen MR) is 140 cm³/mol. The quantitative estimate of drug-likeness (QED) is 0.261. The number of benzene rings is 2. The Morgan fingerprint density at radius 1 is 1.16 bits per heavy atom. The van der Waals surface area contributed by atoms with Gasteiger partial charge in [-0.2, -0.15) is 0 Å². The number of phenolic OH excluding ortho intramolecular Hbond substituents is 2. The normalized spacial score (nSPS) is 19.8. The fourth-order valence-electron chi connectivity index (χ4n) is 5.46. The van der Waals surface area contributed by atoms with Gasteiger partial charge in [0.2, 0.25) is 0 Å². The number of nitrogens with one attached hydrogen (secondary N) is 1. The highest BCUT2D eigenvalue weighted by molar-refractivity contribution is 6.31. The highest BCUT2D eigenvalue weighted by atomic mass is 16.5. The van der Waals surface area contributed by atoms with Crippen molar-refractivity contribution in [2.75, 3.05) is 0 Å². The topological polar surface area (TPSA) is 131 Å². The van der Waals surface area contributed by atoms with Crippen molar-refractivity contribution >= 4 is 28.4 Å². The number of allylic oxidation sites excluding steroid dienone is 4. The average Bonchev–Trinajstić information content (AvgIpc) is 3.37. The molecule has 0 amide bonds. The second-order valence-electron chi connectivity index (χ2n) is 10.2. The number of carbonyl (C=O) groups excluding carboxylic acids is 3. The fraction of sp³-hybridized carbons (Fsp3) is 0.310. The summed E-state index contributed by atoms with van der Waals surface area (Å²) in [6, 6.07) is 7.94. The fourth-order valence-corrected chi connectivity index (χ4v) is 5.46. The molecule has 2 heterocycles. The number of para-hydroxylation sites is 2. The van der Waals surface area contributed by atoms with Crippen LogP contribution >= 0.6 is 0 Å². The molecule has 0 saturated heterocycles. The molecule has 0 unspecified atom stereocenters. The van der Waals surface area contributed by atoms with Gasteiger partial charge in [0.25, 0.3) is 0 Å². The van der Waals surface area contributed by atoms with Gasteiger partial charge in [-0.05, 0) is 53.7 Å². The van der Waals surface area contributed by atoms with E-state index >= 15 is 0 Å². The van der Waals surface area contributed by atoms with Crippen LogP contribution in [0, 0.1) is 6.92 Å². The first-order valence-corrected chi connectivity index (χ1v) is 12.4. The van der Waals surface area contributed by atoms with Crippen molar-refractivity contribution in [1.82, 2.24) is 14.9 Å². The van der Waals surface area contributed by atoms with E-state index < -0.39 is 28.5 Å². The van der Waals surface area contributed by atoms with E-state index in [0.717, 1.165) is 16.9 Å². The van der Waals surface area contributed by atoms with Gasteiger partial charge < -0.3 is 24.8 Å². The number of carbonyl (C=O) groups is 3. The molecule has 5 rings (SSSR count). The zero-order chi connectivity index (χ0) is 27.7. The van der Waals surface area contributed by atoms with Crippen molar-refractivity contribution in [2.45, 2.75) is 59.5 Å². The molecule has 0 radical (unpaired) electrons. The lowest BCUT2D eigenvalue weighted by atomic mass is 9.70. The minimum Gasteiger partial charge on any atom is -0.507 e. The van der Waals surface area contributed by atoms with Crippen LogP contribution in [0.4, 0.5) is 0 Å². The minimum absolute atomic E-state index is 0.00319. The molecule has 1 aromatic heterocycles. The lowest BCUT2D eigenvalue weighted by Gasteiger charge is -2.29. The molecule has 38 heavy (non-hydrogen) atoms. The molecule has 2 aromatic carbocycles. The van der Waals surface area contributed by atoms with Crippen molar-refractivity contribution in [3.63, 3.8) is 0 Å². The molecular weight excluding hydrogens is 486 g/mol. The molecule has 0 fully saturated rings. The summed E-state index contributed by atoms with van der Waals surface area (Å²) in [4.78, 5) is 44.2. The van der Waals surface area contributed by atoms with Crippen LogP contribution in [0.3, 0.4) is 0 Å². The lowest BCUT2D eigenvalue weighted by molar-refractivity contribution is -0.123. The van der Waals surface area contributed by atoms with Crippen molar-refractivity contribution in [1.29, 1.82) is 0 Å². The van der Waals surface area contributed by atoms with Crippen LogP contribution in [0.15, 0.2) is 47.4 Å². The molecule has 1 atom stereocenters. The van der Waals surface area contributed by atoms with E-state index in [1.165, 1.54) is 19.9 Å². The number of fused-ring (bicyclic) bond motifs is 4. The van der Waals surface area contributed by atoms with Crippen LogP contribution in [0.25, 0.3) is 11.0 Å². The first kappa shape index (κ1) is 25.3. The number of aromatic nitrogens is 2. The zero-order valence-electron chi connectivity index (χ0n) is 22.1. The molecule has 0 spiro atoms. The molecule has 9 heteroatoms. The largest absolute Gasteiger partial charge is 0.507 e. The maximum atomic E-state index is 14.0. The van der Waals surface area contributed by atoms with Gasteiger partial charge in [-0.15, -0.1) is 0 Å². The lowest BCUT2D eigenvalue weighted by Crippen LogP contribution is -2.41. The smallest absolute Gasteiger partial charge is 0.194 e. The summed E-state index contributed by atoms with van der Waals surface area (Å²) in [7, 11) is 0.